The van der Waals surface area contributed by atoms with E-state index in [2.05, 4.69) is 23.3 Å². The van der Waals surface area contributed by atoms with Gasteiger partial charge in [-0.25, -0.2) is 0 Å². The van der Waals surface area contributed by atoms with Gasteiger partial charge in [-0.2, -0.15) is 11.8 Å². The van der Waals surface area contributed by atoms with Crippen molar-refractivity contribution in [3.8, 4) is 0 Å². The number of hydrogen-bond donors (Lipinski definition) is 1. The van der Waals surface area contributed by atoms with Gasteiger partial charge in [0.05, 0.1) is 0 Å². The molecule has 0 aromatic heterocycles. The lowest BCUT2D eigenvalue weighted by atomic mass is 10.1. The van der Waals surface area contributed by atoms with Crippen molar-refractivity contribution in [1.29, 1.82) is 0 Å². The smallest absolute Gasteiger partial charge is 0.00807 e. The van der Waals surface area contributed by atoms with Crippen LogP contribution in [-0.2, 0) is 0 Å². The lowest BCUT2D eigenvalue weighted by Crippen LogP contribution is -2.39. The Kier molecular flexibility index (Phi) is 1.92. The lowest BCUT2D eigenvalue weighted by molar-refractivity contribution is 0.415. The van der Waals surface area contributed by atoms with E-state index < -0.39 is 0 Å². The van der Waals surface area contributed by atoms with Crippen molar-refractivity contribution >= 4 is 11.8 Å². The summed E-state index contributed by atoms with van der Waals surface area (Å²) in [7, 11) is 0. The summed E-state index contributed by atoms with van der Waals surface area (Å²) in [5.41, 5.74) is 0. The van der Waals surface area contributed by atoms with Crippen molar-refractivity contribution < 1.29 is 0 Å². The first kappa shape index (κ1) is 6.99. The van der Waals surface area contributed by atoms with Gasteiger partial charge >= 0.3 is 0 Å². The van der Waals surface area contributed by atoms with Crippen molar-refractivity contribution in [1.82, 2.24) is 5.32 Å². The van der Waals surface area contributed by atoms with Gasteiger partial charge in [0.25, 0.3) is 0 Å². The highest BCUT2D eigenvalue weighted by Gasteiger charge is 2.32. The van der Waals surface area contributed by atoms with Crippen LogP contribution in [-0.4, -0.2) is 23.6 Å². The second-order valence-corrected chi connectivity index (χ2v) is 4.61. The van der Waals surface area contributed by atoms with Gasteiger partial charge in [-0.05, 0) is 31.9 Å². The molecule has 0 aliphatic carbocycles. The zero-order chi connectivity index (χ0) is 6.97. The molecular formula is C8H15NS. The predicted molar refractivity (Wildman–Crippen MR) is 46.5 cm³/mol. The fraction of sp³-hybridized carbons (Fsp3) is 1.00. The average molecular weight is 157 g/mol. The molecule has 58 valence electrons. The van der Waals surface area contributed by atoms with E-state index >= 15 is 0 Å². The maximum atomic E-state index is 3.64. The minimum atomic E-state index is 0.871. The van der Waals surface area contributed by atoms with Crippen LogP contribution in [0.1, 0.15) is 25.7 Å². The molecule has 2 bridgehead atoms. The number of fused-ring (bicyclic) bond motifs is 2. The van der Waals surface area contributed by atoms with Gasteiger partial charge in [-0.15, -0.1) is 0 Å². The molecule has 2 aliphatic heterocycles. The molecule has 3 atom stereocenters. The van der Waals surface area contributed by atoms with Crippen molar-refractivity contribution in [2.75, 3.05) is 6.26 Å². The third-order valence-electron chi connectivity index (χ3n) is 2.76. The molecule has 0 radical (unpaired) electrons. The zero-order valence-corrected chi connectivity index (χ0v) is 7.29. The molecule has 1 nitrogen and oxygen atoms in total. The number of hydrogen-bond acceptors (Lipinski definition) is 2. The van der Waals surface area contributed by atoms with Crippen molar-refractivity contribution in [2.45, 2.75) is 43.0 Å². The first-order valence-electron chi connectivity index (χ1n) is 4.17. The molecule has 0 saturated carbocycles. The Morgan fingerprint density at radius 3 is 2.30 bits per heavy atom. The van der Waals surface area contributed by atoms with Crippen molar-refractivity contribution in [3.05, 3.63) is 0 Å². The summed E-state index contributed by atoms with van der Waals surface area (Å²) >= 11 is 2.05. The Morgan fingerprint density at radius 1 is 1.20 bits per heavy atom. The number of nitrogens with one attached hydrogen (secondary N) is 1. The summed E-state index contributed by atoms with van der Waals surface area (Å²) < 4.78 is 0. The van der Waals surface area contributed by atoms with Gasteiger partial charge in [0.1, 0.15) is 0 Å². The molecule has 2 fully saturated rings. The van der Waals surface area contributed by atoms with Crippen LogP contribution in [0, 0.1) is 0 Å². The number of thioether (sulfide) groups is 1. The molecule has 0 amide bonds. The van der Waals surface area contributed by atoms with E-state index in [9.17, 15) is 0 Å². The number of rotatable bonds is 1. The van der Waals surface area contributed by atoms with Crippen LogP contribution in [0.15, 0.2) is 0 Å². The maximum Gasteiger partial charge on any atom is 0.00807 e. The van der Waals surface area contributed by atoms with Crippen LogP contribution < -0.4 is 5.32 Å². The molecule has 0 unspecified atom stereocenters. The zero-order valence-electron chi connectivity index (χ0n) is 6.47. The first-order chi connectivity index (χ1) is 4.88. The Bertz CT molecular complexity index is 114. The Labute approximate surface area is 67.0 Å². The van der Waals surface area contributed by atoms with Crippen LogP contribution in [0.4, 0.5) is 0 Å². The lowest BCUT2D eigenvalue weighted by Gasteiger charge is -2.27. The highest BCUT2D eigenvalue weighted by molar-refractivity contribution is 7.99. The molecule has 1 N–H and O–H groups in total. The van der Waals surface area contributed by atoms with Crippen LogP contribution in [0.2, 0.25) is 0 Å². The average Bonchev–Trinajstić information content (AvgIpc) is 2.30. The summed E-state index contributed by atoms with van der Waals surface area (Å²) in [5.74, 6) is 0. The molecule has 10 heavy (non-hydrogen) atoms. The molecule has 2 rings (SSSR count). The molecule has 2 saturated heterocycles. The topological polar surface area (TPSA) is 12.0 Å². The highest BCUT2D eigenvalue weighted by Crippen LogP contribution is 2.32. The summed E-state index contributed by atoms with van der Waals surface area (Å²) in [4.78, 5) is 0. The van der Waals surface area contributed by atoms with Gasteiger partial charge in [0.2, 0.25) is 0 Å². The minimum absolute atomic E-state index is 0.871. The van der Waals surface area contributed by atoms with Gasteiger partial charge < -0.3 is 5.32 Å². The van der Waals surface area contributed by atoms with E-state index in [0.717, 1.165) is 17.3 Å². The van der Waals surface area contributed by atoms with E-state index in [0.29, 0.717) is 0 Å². The summed E-state index contributed by atoms with van der Waals surface area (Å²) in [5, 5.41) is 4.60. The fourth-order valence-corrected chi connectivity index (χ4v) is 3.05. The van der Waals surface area contributed by atoms with E-state index in [4.69, 9.17) is 0 Å². The summed E-state index contributed by atoms with van der Waals surface area (Å²) in [6, 6.07) is 1.74. The molecule has 2 aliphatic rings. The van der Waals surface area contributed by atoms with E-state index in [1.165, 1.54) is 25.7 Å². The quantitative estimate of drug-likeness (QED) is 0.621. The molecule has 0 spiro atoms. The standard InChI is InChI=1S/C8H15NS/c1-10-8-4-6-2-3-7(5-8)9-6/h6-9H,2-5H2,1H3/t6-,7+,8+. The second kappa shape index (κ2) is 2.74. The molecule has 0 aromatic carbocycles. The third kappa shape index (κ3) is 1.19. The van der Waals surface area contributed by atoms with Gasteiger partial charge in [-0.3, -0.25) is 0 Å². The second-order valence-electron chi connectivity index (χ2n) is 3.47. The monoisotopic (exact) mass is 157 g/mol. The van der Waals surface area contributed by atoms with Crippen LogP contribution >= 0.6 is 11.8 Å². The first-order valence-corrected chi connectivity index (χ1v) is 5.46. The van der Waals surface area contributed by atoms with E-state index in [1.54, 1.807) is 0 Å². The van der Waals surface area contributed by atoms with E-state index in [1.807, 2.05) is 0 Å². The largest absolute Gasteiger partial charge is 0.311 e. The van der Waals surface area contributed by atoms with Crippen molar-refractivity contribution in [2.24, 2.45) is 0 Å². The SMILES string of the molecule is CS[C@H]1C[C@H]2CC[C@@H](C1)N2. The van der Waals surface area contributed by atoms with Gasteiger partial charge in [-0.1, -0.05) is 0 Å². The minimum Gasteiger partial charge on any atom is -0.311 e. The summed E-state index contributed by atoms with van der Waals surface area (Å²) in [6.45, 7) is 0. The normalized spacial score (nSPS) is 45.9. The van der Waals surface area contributed by atoms with Crippen molar-refractivity contribution in [3.63, 3.8) is 0 Å². The third-order valence-corrected chi connectivity index (χ3v) is 3.81. The van der Waals surface area contributed by atoms with Crippen LogP contribution in [0.25, 0.3) is 0 Å². The van der Waals surface area contributed by atoms with E-state index in [-0.39, 0.29) is 0 Å². The molecular weight excluding hydrogens is 142 g/mol. The van der Waals surface area contributed by atoms with Gasteiger partial charge in [0, 0.05) is 17.3 Å². The van der Waals surface area contributed by atoms with Crippen LogP contribution in [0.3, 0.4) is 0 Å². The molecule has 0 aromatic rings. The Hall–Kier alpha value is 0.310. The molecule has 2 heterocycles. The Balaban J connectivity index is 1.96. The van der Waals surface area contributed by atoms with Gasteiger partial charge in [0.15, 0.2) is 0 Å². The predicted octanol–water partition coefficient (Wildman–Crippen LogP) is 1.63. The number of piperidine rings is 1. The van der Waals surface area contributed by atoms with Crippen LogP contribution in [0.5, 0.6) is 0 Å². The highest BCUT2D eigenvalue weighted by atomic mass is 32.2. The fourth-order valence-electron chi connectivity index (χ4n) is 2.20. The Morgan fingerprint density at radius 2 is 1.80 bits per heavy atom. The maximum absolute atomic E-state index is 3.64. The summed E-state index contributed by atoms with van der Waals surface area (Å²) in [6.07, 6.45) is 7.94. The molecule has 2 heteroatoms.